The molecule has 0 spiro atoms. The minimum Gasteiger partial charge on any atom is -0.324 e. The summed E-state index contributed by atoms with van der Waals surface area (Å²) in [7, 11) is 1.74. The number of rotatable bonds is 5. The van der Waals surface area contributed by atoms with Gasteiger partial charge in [0.05, 0.1) is 18.4 Å². The molecule has 29 heavy (non-hydrogen) atoms. The van der Waals surface area contributed by atoms with Gasteiger partial charge < -0.3 is 20.4 Å². The van der Waals surface area contributed by atoms with Gasteiger partial charge in [-0.15, -0.1) is 0 Å². The maximum Gasteiger partial charge on any atom is 0.282 e. The number of carbonyl (C=O) groups excluding carboxylic acids is 3. The summed E-state index contributed by atoms with van der Waals surface area (Å²) in [5.41, 5.74) is 1.61. The lowest BCUT2D eigenvalue weighted by Crippen LogP contribution is -3.11. The summed E-state index contributed by atoms with van der Waals surface area (Å²) in [6, 6.07) is 12.5. The Morgan fingerprint density at radius 3 is 2.72 bits per heavy atom. The molecule has 1 aliphatic heterocycles. The Kier molecular flexibility index (Phi) is 6.23. The minimum atomic E-state index is -0.435. The van der Waals surface area contributed by atoms with Gasteiger partial charge in [-0.3, -0.25) is 14.4 Å². The van der Waals surface area contributed by atoms with E-state index in [1.807, 2.05) is 13.0 Å². The highest BCUT2D eigenvalue weighted by Gasteiger charge is 2.31. The molecule has 0 aromatic heterocycles. The van der Waals surface area contributed by atoms with Gasteiger partial charge in [-0.1, -0.05) is 18.2 Å². The zero-order chi connectivity index (χ0) is 21.0. The number of para-hydroxylation sites is 2. The molecule has 3 N–H and O–H groups in total. The SMILES string of the molecule is C[C@@H]1CC(=O)Nc2ccccc2N1C(=O)C[NH+](C)CC(=O)Nc1cccc(F)c1. The first-order valence-corrected chi connectivity index (χ1v) is 9.41. The summed E-state index contributed by atoms with van der Waals surface area (Å²) < 4.78 is 13.2. The molecule has 0 fully saturated rings. The Balaban J connectivity index is 1.65. The van der Waals surface area contributed by atoms with E-state index in [0.29, 0.717) is 22.0 Å². The average molecular weight is 399 g/mol. The zero-order valence-electron chi connectivity index (χ0n) is 16.4. The summed E-state index contributed by atoms with van der Waals surface area (Å²) in [5.74, 6) is -1.08. The highest BCUT2D eigenvalue weighted by molar-refractivity contribution is 6.04. The highest BCUT2D eigenvalue weighted by atomic mass is 19.1. The number of nitrogens with one attached hydrogen (secondary N) is 3. The van der Waals surface area contributed by atoms with Crippen molar-refractivity contribution in [3.05, 3.63) is 54.3 Å². The molecule has 1 unspecified atom stereocenters. The fourth-order valence-corrected chi connectivity index (χ4v) is 3.42. The molecule has 8 heteroatoms. The number of hydrogen-bond donors (Lipinski definition) is 3. The first-order chi connectivity index (χ1) is 13.8. The van der Waals surface area contributed by atoms with Gasteiger partial charge >= 0.3 is 0 Å². The topological polar surface area (TPSA) is 83.0 Å². The van der Waals surface area contributed by atoms with E-state index in [4.69, 9.17) is 0 Å². The van der Waals surface area contributed by atoms with Crippen LogP contribution in [0.4, 0.5) is 21.5 Å². The predicted molar refractivity (Wildman–Crippen MR) is 108 cm³/mol. The number of anilines is 3. The van der Waals surface area contributed by atoms with Crippen LogP contribution in [-0.4, -0.2) is 43.9 Å². The van der Waals surface area contributed by atoms with Crippen molar-refractivity contribution in [2.24, 2.45) is 0 Å². The Labute approximate surface area is 168 Å². The molecule has 0 bridgehead atoms. The van der Waals surface area contributed by atoms with Crippen molar-refractivity contribution in [3.63, 3.8) is 0 Å². The normalized spacial score (nSPS) is 17.0. The number of nitrogens with zero attached hydrogens (tertiary/aromatic N) is 1. The molecular weight excluding hydrogens is 375 g/mol. The quantitative estimate of drug-likeness (QED) is 0.703. The van der Waals surface area contributed by atoms with E-state index >= 15 is 0 Å². The van der Waals surface area contributed by atoms with E-state index in [2.05, 4.69) is 10.6 Å². The van der Waals surface area contributed by atoms with Crippen LogP contribution in [0.15, 0.2) is 48.5 Å². The third-order valence-corrected chi connectivity index (χ3v) is 4.65. The van der Waals surface area contributed by atoms with Crippen LogP contribution in [0.2, 0.25) is 0 Å². The number of likely N-dealkylation sites (N-methyl/N-ethyl adjacent to an activating group) is 1. The molecule has 2 aromatic rings. The van der Waals surface area contributed by atoms with Gasteiger partial charge in [-0.05, 0) is 37.3 Å². The van der Waals surface area contributed by atoms with Crippen LogP contribution in [0.3, 0.4) is 0 Å². The lowest BCUT2D eigenvalue weighted by Gasteiger charge is -2.28. The smallest absolute Gasteiger partial charge is 0.282 e. The first-order valence-electron chi connectivity index (χ1n) is 9.41. The van der Waals surface area contributed by atoms with Crippen LogP contribution in [0, 0.1) is 5.82 Å². The molecule has 0 aliphatic carbocycles. The molecule has 2 aromatic carbocycles. The number of benzene rings is 2. The molecule has 152 valence electrons. The van der Waals surface area contributed by atoms with Crippen molar-refractivity contribution < 1.29 is 23.7 Å². The number of hydrogen-bond acceptors (Lipinski definition) is 3. The monoisotopic (exact) mass is 399 g/mol. The van der Waals surface area contributed by atoms with E-state index in [1.165, 1.54) is 18.2 Å². The minimum absolute atomic E-state index is 0.0449. The van der Waals surface area contributed by atoms with Crippen LogP contribution in [0.5, 0.6) is 0 Å². The maximum atomic E-state index is 13.2. The molecule has 1 heterocycles. The molecular formula is C21H24FN4O3+. The fourth-order valence-electron chi connectivity index (χ4n) is 3.42. The molecule has 7 nitrogen and oxygen atoms in total. The number of quaternary nitrogens is 1. The molecule has 1 aliphatic rings. The maximum absolute atomic E-state index is 13.2. The third kappa shape index (κ3) is 5.17. The van der Waals surface area contributed by atoms with E-state index in [1.54, 1.807) is 36.2 Å². The molecule has 0 saturated carbocycles. The van der Waals surface area contributed by atoms with E-state index in [0.717, 1.165) is 0 Å². The number of amides is 3. The van der Waals surface area contributed by atoms with E-state index in [-0.39, 0.29) is 43.3 Å². The Hall–Kier alpha value is -3.26. The summed E-state index contributed by atoms with van der Waals surface area (Å²) in [6.45, 7) is 1.94. The number of halogens is 1. The van der Waals surface area contributed by atoms with E-state index in [9.17, 15) is 18.8 Å². The highest BCUT2D eigenvalue weighted by Crippen LogP contribution is 2.30. The van der Waals surface area contributed by atoms with Crippen LogP contribution in [0.25, 0.3) is 0 Å². The van der Waals surface area contributed by atoms with Gasteiger partial charge in [-0.25, -0.2) is 4.39 Å². The molecule has 3 amide bonds. The predicted octanol–water partition coefficient (Wildman–Crippen LogP) is 1.04. The second-order valence-electron chi connectivity index (χ2n) is 7.25. The Morgan fingerprint density at radius 1 is 1.21 bits per heavy atom. The molecule has 3 rings (SSSR count). The van der Waals surface area contributed by atoms with E-state index < -0.39 is 5.82 Å². The summed E-state index contributed by atoms with van der Waals surface area (Å²) in [6.07, 6.45) is 0.194. The summed E-state index contributed by atoms with van der Waals surface area (Å²) in [5, 5.41) is 5.45. The standard InChI is InChI=1S/C21H23FN4O3/c1-14-10-19(27)24-17-8-3-4-9-18(17)26(14)21(29)13-25(2)12-20(28)23-16-7-5-6-15(22)11-16/h3-9,11,14H,10,12-13H2,1-2H3,(H,23,28)(H,24,27)/p+1/t14-/m1/s1. The van der Waals surface area contributed by atoms with Gasteiger partial charge in [-0.2, -0.15) is 0 Å². The van der Waals surface area contributed by atoms with Crippen molar-refractivity contribution in [1.29, 1.82) is 0 Å². The van der Waals surface area contributed by atoms with Gasteiger partial charge in [0.15, 0.2) is 13.1 Å². The van der Waals surface area contributed by atoms with Crippen LogP contribution >= 0.6 is 0 Å². The average Bonchev–Trinajstić information content (AvgIpc) is 2.75. The van der Waals surface area contributed by atoms with Crippen molar-refractivity contribution in [1.82, 2.24) is 0 Å². The first kappa shape index (κ1) is 20.5. The zero-order valence-corrected chi connectivity index (χ0v) is 16.4. The Bertz CT molecular complexity index is 934. The lowest BCUT2D eigenvalue weighted by molar-refractivity contribution is -0.862. The van der Waals surface area contributed by atoms with Crippen LogP contribution < -0.4 is 20.4 Å². The van der Waals surface area contributed by atoms with Crippen molar-refractivity contribution >= 4 is 34.8 Å². The second kappa shape index (κ2) is 8.83. The van der Waals surface area contributed by atoms with Gasteiger partial charge in [0, 0.05) is 18.2 Å². The number of carbonyl (C=O) groups is 3. The third-order valence-electron chi connectivity index (χ3n) is 4.65. The summed E-state index contributed by atoms with van der Waals surface area (Å²) >= 11 is 0. The van der Waals surface area contributed by atoms with Crippen LogP contribution in [0.1, 0.15) is 13.3 Å². The second-order valence-corrected chi connectivity index (χ2v) is 7.25. The van der Waals surface area contributed by atoms with Gasteiger partial charge in [0.25, 0.3) is 11.8 Å². The van der Waals surface area contributed by atoms with Gasteiger partial charge in [0.2, 0.25) is 5.91 Å². The summed E-state index contributed by atoms with van der Waals surface area (Å²) in [4.78, 5) is 39.6. The molecule has 2 atom stereocenters. The lowest BCUT2D eigenvalue weighted by atomic mass is 10.1. The Morgan fingerprint density at radius 2 is 1.97 bits per heavy atom. The molecule has 0 saturated heterocycles. The fraction of sp³-hybridized carbons (Fsp3) is 0.286. The van der Waals surface area contributed by atoms with Crippen molar-refractivity contribution in [2.45, 2.75) is 19.4 Å². The van der Waals surface area contributed by atoms with Gasteiger partial charge in [0.1, 0.15) is 5.82 Å². The molecule has 0 radical (unpaired) electrons. The van der Waals surface area contributed by atoms with Crippen molar-refractivity contribution in [2.75, 3.05) is 35.7 Å². The largest absolute Gasteiger partial charge is 0.324 e. The van der Waals surface area contributed by atoms with Crippen molar-refractivity contribution in [3.8, 4) is 0 Å². The number of fused-ring (bicyclic) bond motifs is 1. The van der Waals surface area contributed by atoms with Crippen LogP contribution in [-0.2, 0) is 14.4 Å².